The van der Waals surface area contributed by atoms with Gasteiger partial charge in [-0.2, -0.15) is 0 Å². The van der Waals surface area contributed by atoms with Crippen molar-refractivity contribution in [3.05, 3.63) is 35.9 Å². The Morgan fingerprint density at radius 1 is 1.33 bits per heavy atom. The number of ether oxygens (including phenoxy) is 1. The third-order valence-electron chi connectivity index (χ3n) is 4.56. The summed E-state index contributed by atoms with van der Waals surface area (Å²) in [5.41, 5.74) is 0.967. The van der Waals surface area contributed by atoms with E-state index < -0.39 is 0 Å². The molecule has 1 aromatic carbocycles. The number of carbonyl (C=O) groups excluding carboxylic acids is 1. The van der Waals surface area contributed by atoms with Crippen molar-refractivity contribution in [2.24, 2.45) is 11.8 Å². The molecule has 0 unspecified atom stereocenters. The Hall–Kier alpha value is -1.77. The van der Waals surface area contributed by atoms with E-state index >= 15 is 0 Å². The van der Waals surface area contributed by atoms with E-state index in [-0.39, 0.29) is 5.91 Å². The van der Waals surface area contributed by atoms with Crippen molar-refractivity contribution in [3.63, 3.8) is 0 Å². The molecule has 0 bridgehead atoms. The van der Waals surface area contributed by atoms with Crippen LogP contribution in [0.25, 0.3) is 6.08 Å². The van der Waals surface area contributed by atoms with Gasteiger partial charge < -0.3 is 10.1 Å². The summed E-state index contributed by atoms with van der Waals surface area (Å²) in [5.74, 6) is 2.02. The summed E-state index contributed by atoms with van der Waals surface area (Å²) >= 11 is 0. The summed E-state index contributed by atoms with van der Waals surface area (Å²) < 4.78 is 5.17. The molecule has 1 amide bonds. The first-order valence-electron chi connectivity index (χ1n) is 7.73. The van der Waals surface area contributed by atoms with Crippen molar-refractivity contribution in [2.75, 3.05) is 7.11 Å². The molecule has 0 radical (unpaired) electrons. The van der Waals surface area contributed by atoms with Crippen LogP contribution < -0.4 is 10.1 Å². The van der Waals surface area contributed by atoms with E-state index in [1.165, 1.54) is 12.8 Å². The van der Waals surface area contributed by atoms with Crippen molar-refractivity contribution in [2.45, 2.75) is 39.2 Å². The fourth-order valence-electron chi connectivity index (χ4n) is 2.93. The standard InChI is InChI=1S/C18H25NO2/c1-13-6-4-9-17(14(13)2)19-18(20)11-10-15-7-5-8-16(12-15)21-3/h5,7-8,10-14,17H,4,6,9H2,1-3H3,(H,19,20)/b11-10+/t13-,14+,17+/m0/s1. The first-order valence-corrected chi connectivity index (χ1v) is 7.73. The van der Waals surface area contributed by atoms with Crippen LogP contribution in [0.4, 0.5) is 0 Å². The Bertz CT molecular complexity index is 510. The van der Waals surface area contributed by atoms with Crippen LogP contribution in [0.3, 0.4) is 0 Å². The van der Waals surface area contributed by atoms with Crippen LogP contribution >= 0.6 is 0 Å². The SMILES string of the molecule is COc1cccc(/C=C/C(=O)N[C@@H]2CCC[C@H](C)[C@H]2C)c1. The maximum absolute atomic E-state index is 12.1. The lowest BCUT2D eigenvalue weighted by Gasteiger charge is -2.34. The molecule has 3 heteroatoms. The highest BCUT2D eigenvalue weighted by Crippen LogP contribution is 2.29. The van der Waals surface area contributed by atoms with Gasteiger partial charge in [0, 0.05) is 12.1 Å². The predicted molar refractivity (Wildman–Crippen MR) is 86.1 cm³/mol. The molecule has 1 fully saturated rings. The van der Waals surface area contributed by atoms with E-state index in [1.54, 1.807) is 13.2 Å². The minimum atomic E-state index is -0.0104. The van der Waals surface area contributed by atoms with E-state index in [4.69, 9.17) is 4.74 Å². The second-order valence-corrected chi connectivity index (χ2v) is 5.99. The van der Waals surface area contributed by atoms with Crippen LogP contribution in [0.2, 0.25) is 0 Å². The van der Waals surface area contributed by atoms with E-state index in [1.807, 2.05) is 30.3 Å². The van der Waals surface area contributed by atoms with Crippen molar-refractivity contribution in [3.8, 4) is 5.75 Å². The van der Waals surface area contributed by atoms with Crippen LogP contribution in [0.15, 0.2) is 30.3 Å². The molecule has 21 heavy (non-hydrogen) atoms. The Labute approximate surface area is 127 Å². The zero-order valence-electron chi connectivity index (χ0n) is 13.1. The van der Waals surface area contributed by atoms with E-state index in [2.05, 4.69) is 19.2 Å². The summed E-state index contributed by atoms with van der Waals surface area (Å²) in [6, 6.07) is 7.98. The predicted octanol–water partition coefficient (Wildman–Crippen LogP) is 3.65. The molecule has 3 nitrogen and oxygen atoms in total. The highest BCUT2D eigenvalue weighted by atomic mass is 16.5. The van der Waals surface area contributed by atoms with Gasteiger partial charge in [-0.05, 0) is 42.0 Å². The number of rotatable bonds is 4. The molecule has 3 atom stereocenters. The number of amides is 1. The van der Waals surface area contributed by atoms with Gasteiger partial charge in [-0.3, -0.25) is 4.79 Å². The smallest absolute Gasteiger partial charge is 0.244 e. The zero-order valence-corrected chi connectivity index (χ0v) is 13.1. The van der Waals surface area contributed by atoms with Gasteiger partial charge in [0.05, 0.1) is 7.11 Å². The quantitative estimate of drug-likeness (QED) is 0.858. The second kappa shape index (κ2) is 7.30. The molecular weight excluding hydrogens is 262 g/mol. The maximum atomic E-state index is 12.1. The highest BCUT2D eigenvalue weighted by molar-refractivity contribution is 5.92. The molecule has 0 spiro atoms. The summed E-state index contributed by atoms with van der Waals surface area (Å²) in [6.07, 6.45) is 7.00. The summed E-state index contributed by atoms with van der Waals surface area (Å²) in [4.78, 5) is 12.1. The number of hydrogen-bond donors (Lipinski definition) is 1. The average molecular weight is 287 g/mol. The van der Waals surface area contributed by atoms with Crippen LogP contribution in [0.1, 0.15) is 38.7 Å². The molecule has 0 aliphatic heterocycles. The lowest BCUT2D eigenvalue weighted by molar-refractivity contribution is -0.117. The topological polar surface area (TPSA) is 38.3 Å². The molecule has 1 saturated carbocycles. The van der Waals surface area contributed by atoms with Crippen molar-refractivity contribution >= 4 is 12.0 Å². The number of carbonyl (C=O) groups is 1. The van der Waals surface area contributed by atoms with Crippen molar-refractivity contribution in [1.29, 1.82) is 0 Å². The Balaban J connectivity index is 1.93. The molecule has 0 saturated heterocycles. The number of nitrogens with one attached hydrogen (secondary N) is 1. The van der Waals surface area contributed by atoms with Crippen molar-refractivity contribution in [1.82, 2.24) is 5.32 Å². The highest BCUT2D eigenvalue weighted by Gasteiger charge is 2.27. The third-order valence-corrected chi connectivity index (χ3v) is 4.56. The molecule has 0 heterocycles. The van der Waals surface area contributed by atoms with Crippen LogP contribution in [-0.2, 0) is 4.79 Å². The number of hydrogen-bond acceptors (Lipinski definition) is 2. The van der Waals surface area contributed by atoms with E-state index in [0.29, 0.717) is 17.9 Å². The van der Waals surface area contributed by atoms with Gasteiger partial charge in [-0.25, -0.2) is 0 Å². The first-order chi connectivity index (χ1) is 10.1. The largest absolute Gasteiger partial charge is 0.497 e. The molecule has 1 N–H and O–H groups in total. The fraction of sp³-hybridized carbons (Fsp3) is 0.500. The van der Waals surface area contributed by atoms with Gasteiger partial charge in [0.1, 0.15) is 5.75 Å². The average Bonchev–Trinajstić information content (AvgIpc) is 2.50. The Morgan fingerprint density at radius 2 is 2.14 bits per heavy atom. The van der Waals surface area contributed by atoms with Crippen LogP contribution in [0, 0.1) is 11.8 Å². The summed E-state index contributed by atoms with van der Waals surface area (Å²) in [6.45, 7) is 4.51. The lowest BCUT2D eigenvalue weighted by Crippen LogP contribution is -2.43. The molecule has 1 aromatic rings. The van der Waals surface area contributed by atoms with Crippen molar-refractivity contribution < 1.29 is 9.53 Å². The molecule has 1 aliphatic carbocycles. The maximum Gasteiger partial charge on any atom is 0.244 e. The molecular formula is C18H25NO2. The molecule has 2 rings (SSSR count). The summed E-state index contributed by atoms with van der Waals surface area (Å²) in [5, 5.41) is 3.14. The summed E-state index contributed by atoms with van der Waals surface area (Å²) in [7, 11) is 1.64. The van der Waals surface area contributed by atoms with Crippen LogP contribution in [0.5, 0.6) is 5.75 Å². The minimum absolute atomic E-state index is 0.0104. The van der Waals surface area contributed by atoms with Gasteiger partial charge in [0.15, 0.2) is 0 Å². The zero-order chi connectivity index (χ0) is 15.2. The van der Waals surface area contributed by atoms with E-state index in [9.17, 15) is 4.79 Å². The first kappa shape index (κ1) is 15.6. The lowest BCUT2D eigenvalue weighted by atomic mass is 9.78. The molecule has 1 aliphatic rings. The van der Waals surface area contributed by atoms with Gasteiger partial charge in [0.25, 0.3) is 0 Å². The Kier molecular flexibility index (Phi) is 5.43. The van der Waals surface area contributed by atoms with Crippen LogP contribution in [-0.4, -0.2) is 19.1 Å². The second-order valence-electron chi connectivity index (χ2n) is 5.99. The molecule has 0 aromatic heterocycles. The number of benzene rings is 1. The van der Waals surface area contributed by atoms with Gasteiger partial charge >= 0.3 is 0 Å². The minimum Gasteiger partial charge on any atom is -0.497 e. The Morgan fingerprint density at radius 3 is 2.90 bits per heavy atom. The third kappa shape index (κ3) is 4.35. The van der Waals surface area contributed by atoms with E-state index in [0.717, 1.165) is 17.7 Å². The fourth-order valence-corrected chi connectivity index (χ4v) is 2.93. The number of methoxy groups -OCH3 is 1. The molecule has 114 valence electrons. The monoisotopic (exact) mass is 287 g/mol. The van der Waals surface area contributed by atoms with Gasteiger partial charge in [-0.15, -0.1) is 0 Å². The normalized spacial score (nSPS) is 25.8. The van der Waals surface area contributed by atoms with Gasteiger partial charge in [-0.1, -0.05) is 38.8 Å². The van der Waals surface area contributed by atoms with Gasteiger partial charge in [0.2, 0.25) is 5.91 Å².